The van der Waals surface area contributed by atoms with Crippen LogP contribution in [0.5, 0.6) is 0 Å². The molecule has 1 saturated heterocycles. The maximum Gasteiger partial charge on any atom is 0.406 e. The summed E-state index contributed by atoms with van der Waals surface area (Å²) >= 11 is 0. The van der Waals surface area contributed by atoms with Crippen molar-refractivity contribution in [2.24, 2.45) is 5.92 Å². The normalized spacial score (nSPS) is 20.3. The van der Waals surface area contributed by atoms with Gasteiger partial charge in [0.1, 0.15) is 6.54 Å². The summed E-state index contributed by atoms with van der Waals surface area (Å²) in [4.78, 5) is 28.2. The molecule has 0 saturated carbocycles. The highest BCUT2D eigenvalue weighted by atomic mass is 19.4. The molecule has 122 valence electrons. The average Bonchev–Trinajstić information content (AvgIpc) is 2.98. The number of carbonyl (C=O) groups excluding carboxylic acids is 2. The Morgan fingerprint density at radius 2 is 2.27 bits per heavy atom. The Balaban J connectivity index is 1.84. The summed E-state index contributed by atoms with van der Waals surface area (Å²) in [5, 5.41) is 2.72. The van der Waals surface area contributed by atoms with Crippen LogP contribution in [0, 0.1) is 5.92 Å². The van der Waals surface area contributed by atoms with Crippen LogP contribution in [-0.4, -0.2) is 51.6 Å². The first-order chi connectivity index (χ1) is 10.2. The summed E-state index contributed by atoms with van der Waals surface area (Å²) in [5.41, 5.74) is 0. The standard InChI is InChI=1S/C13H17F3N4O2/c1-9(5-19-3-2-17-8-19)18-12(22)10-4-11(21)20(6-10)7-13(14,15)16/h2-3,8-10H,4-7H2,1H3,(H,18,22)/t9-,10+/m0/s1. The highest BCUT2D eigenvalue weighted by Crippen LogP contribution is 2.24. The van der Waals surface area contributed by atoms with Crippen molar-refractivity contribution in [3.63, 3.8) is 0 Å². The van der Waals surface area contributed by atoms with Gasteiger partial charge in [-0.15, -0.1) is 0 Å². The van der Waals surface area contributed by atoms with Crippen molar-refractivity contribution < 1.29 is 22.8 Å². The van der Waals surface area contributed by atoms with Crippen molar-refractivity contribution in [2.45, 2.75) is 32.1 Å². The van der Waals surface area contributed by atoms with Crippen LogP contribution < -0.4 is 5.32 Å². The number of rotatable bonds is 5. The quantitative estimate of drug-likeness (QED) is 0.873. The van der Waals surface area contributed by atoms with Gasteiger partial charge in [0.2, 0.25) is 11.8 Å². The van der Waals surface area contributed by atoms with Crippen molar-refractivity contribution in [3.05, 3.63) is 18.7 Å². The van der Waals surface area contributed by atoms with E-state index in [0.29, 0.717) is 11.4 Å². The molecule has 1 aromatic rings. The monoisotopic (exact) mass is 318 g/mol. The first-order valence-electron chi connectivity index (χ1n) is 6.85. The van der Waals surface area contributed by atoms with Crippen LogP contribution in [-0.2, 0) is 16.1 Å². The Morgan fingerprint density at radius 3 is 2.86 bits per heavy atom. The van der Waals surface area contributed by atoms with Gasteiger partial charge in [0.15, 0.2) is 0 Å². The lowest BCUT2D eigenvalue weighted by molar-refractivity contribution is -0.157. The third-order valence-electron chi connectivity index (χ3n) is 3.39. The first kappa shape index (κ1) is 16.3. The maximum absolute atomic E-state index is 12.3. The molecule has 2 heterocycles. The zero-order chi connectivity index (χ0) is 16.3. The van der Waals surface area contributed by atoms with E-state index >= 15 is 0 Å². The van der Waals surface area contributed by atoms with Crippen LogP contribution >= 0.6 is 0 Å². The Labute approximate surface area is 125 Å². The van der Waals surface area contributed by atoms with Crippen LogP contribution in [0.25, 0.3) is 0 Å². The molecule has 0 unspecified atom stereocenters. The molecule has 1 aliphatic heterocycles. The Kier molecular flexibility index (Phi) is 4.72. The number of nitrogens with one attached hydrogen (secondary N) is 1. The number of hydrogen-bond acceptors (Lipinski definition) is 3. The summed E-state index contributed by atoms with van der Waals surface area (Å²) in [7, 11) is 0. The van der Waals surface area contributed by atoms with E-state index in [1.54, 1.807) is 30.2 Å². The van der Waals surface area contributed by atoms with Gasteiger partial charge in [-0.2, -0.15) is 13.2 Å². The van der Waals surface area contributed by atoms with Gasteiger partial charge in [-0.1, -0.05) is 0 Å². The fraction of sp³-hybridized carbons (Fsp3) is 0.615. The largest absolute Gasteiger partial charge is 0.406 e. The van der Waals surface area contributed by atoms with E-state index in [1.807, 2.05) is 0 Å². The second kappa shape index (κ2) is 6.37. The zero-order valence-electron chi connectivity index (χ0n) is 12.0. The number of nitrogens with zero attached hydrogens (tertiary/aromatic N) is 3. The Hall–Kier alpha value is -2.06. The van der Waals surface area contributed by atoms with Gasteiger partial charge in [-0.25, -0.2) is 4.98 Å². The van der Waals surface area contributed by atoms with Crippen LogP contribution in [0.2, 0.25) is 0 Å². The zero-order valence-corrected chi connectivity index (χ0v) is 12.0. The first-order valence-corrected chi connectivity index (χ1v) is 6.85. The number of halogens is 3. The van der Waals surface area contributed by atoms with Crippen LogP contribution in [0.3, 0.4) is 0 Å². The van der Waals surface area contributed by atoms with Gasteiger partial charge in [-0.3, -0.25) is 9.59 Å². The number of hydrogen-bond donors (Lipinski definition) is 1. The molecule has 0 aromatic carbocycles. The minimum Gasteiger partial charge on any atom is -0.352 e. The number of aromatic nitrogens is 2. The molecule has 2 rings (SSSR count). The summed E-state index contributed by atoms with van der Waals surface area (Å²) in [6.45, 7) is 0.781. The minimum absolute atomic E-state index is 0.181. The van der Waals surface area contributed by atoms with Gasteiger partial charge in [0.05, 0.1) is 12.2 Å². The lowest BCUT2D eigenvalue weighted by Crippen LogP contribution is -2.41. The topological polar surface area (TPSA) is 67.2 Å². The van der Waals surface area contributed by atoms with Gasteiger partial charge >= 0.3 is 6.18 Å². The van der Waals surface area contributed by atoms with E-state index in [2.05, 4.69) is 10.3 Å². The van der Waals surface area contributed by atoms with Crippen molar-refractivity contribution in [2.75, 3.05) is 13.1 Å². The molecule has 0 bridgehead atoms. The average molecular weight is 318 g/mol. The third kappa shape index (κ3) is 4.47. The van der Waals surface area contributed by atoms with Gasteiger partial charge in [0.25, 0.3) is 0 Å². The van der Waals surface area contributed by atoms with Crippen molar-refractivity contribution in [3.8, 4) is 0 Å². The number of amides is 2. The molecule has 2 atom stereocenters. The highest BCUT2D eigenvalue weighted by Gasteiger charge is 2.40. The maximum atomic E-state index is 12.3. The van der Waals surface area contributed by atoms with Crippen molar-refractivity contribution >= 4 is 11.8 Å². The van der Waals surface area contributed by atoms with Crippen LogP contribution in [0.15, 0.2) is 18.7 Å². The smallest absolute Gasteiger partial charge is 0.352 e. The summed E-state index contributed by atoms with van der Waals surface area (Å²) in [5.74, 6) is -1.77. The number of alkyl halides is 3. The van der Waals surface area contributed by atoms with E-state index in [0.717, 1.165) is 0 Å². The Bertz CT molecular complexity index is 530. The van der Waals surface area contributed by atoms with E-state index in [1.165, 1.54) is 0 Å². The number of imidazole rings is 1. The lowest BCUT2D eigenvalue weighted by Gasteiger charge is -2.19. The molecule has 6 nitrogen and oxygen atoms in total. The predicted octanol–water partition coefficient (Wildman–Crippen LogP) is 0.799. The molecule has 1 fully saturated rings. The predicted molar refractivity (Wildman–Crippen MR) is 70.6 cm³/mol. The SMILES string of the molecule is C[C@@H](Cn1ccnc1)NC(=O)[C@@H]1CC(=O)N(CC(F)(F)F)C1. The molecule has 1 aromatic heterocycles. The molecular weight excluding hydrogens is 301 g/mol. The van der Waals surface area contributed by atoms with E-state index in [4.69, 9.17) is 0 Å². The fourth-order valence-corrected chi connectivity index (χ4v) is 2.43. The van der Waals surface area contributed by atoms with Gasteiger partial charge in [-0.05, 0) is 6.92 Å². The Morgan fingerprint density at radius 1 is 1.55 bits per heavy atom. The lowest BCUT2D eigenvalue weighted by atomic mass is 10.1. The number of likely N-dealkylation sites (tertiary alicyclic amines) is 1. The second-order valence-electron chi connectivity index (χ2n) is 5.46. The van der Waals surface area contributed by atoms with Crippen LogP contribution in [0.1, 0.15) is 13.3 Å². The molecule has 0 spiro atoms. The molecule has 9 heteroatoms. The highest BCUT2D eigenvalue weighted by molar-refractivity contribution is 5.89. The van der Waals surface area contributed by atoms with E-state index in [9.17, 15) is 22.8 Å². The molecular formula is C13H17F3N4O2. The summed E-state index contributed by atoms with van der Waals surface area (Å²) < 4.78 is 38.8. The minimum atomic E-state index is -4.45. The van der Waals surface area contributed by atoms with E-state index in [-0.39, 0.29) is 19.0 Å². The van der Waals surface area contributed by atoms with Crippen molar-refractivity contribution in [1.82, 2.24) is 19.8 Å². The van der Waals surface area contributed by atoms with E-state index < -0.39 is 30.5 Å². The summed E-state index contributed by atoms with van der Waals surface area (Å²) in [6, 6.07) is -0.214. The molecule has 1 aliphatic rings. The van der Waals surface area contributed by atoms with Gasteiger partial charge < -0.3 is 14.8 Å². The number of carbonyl (C=O) groups is 2. The van der Waals surface area contributed by atoms with Gasteiger partial charge in [0, 0.05) is 37.9 Å². The third-order valence-corrected chi connectivity index (χ3v) is 3.39. The molecule has 0 aliphatic carbocycles. The molecule has 2 amide bonds. The van der Waals surface area contributed by atoms with Crippen LogP contribution in [0.4, 0.5) is 13.2 Å². The molecule has 0 radical (unpaired) electrons. The molecule has 1 N–H and O–H groups in total. The van der Waals surface area contributed by atoms with Crippen molar-refractivity contribution in [1.29, 1.82) is 0 Å². The molecule has 22 heavy (non-hydrogen) atoms. The summed E-state index contributed by atoms with van der Waals surface area (Å²) in [6.07, 6.45) is 0.328. The second-order valence-corrected chi connectivity index (χ2v) is 5.46. The fourth-order valence-electron chi connectivity index (χ4n) is 2.43.